The third-order valence-corrected chi connectivity index (χ3v) is 9.81. The van der Waals surface area contributed by atoms with Crippen molar-refractivity contribution in [3.63, 3.8) is 0 Å². The van der Waals surface area contributed by atoms with E-state index in [9.17, 15) is 23.0 Å². The van der Waals surface area contributed by atoms with Gasteiger partial charge in [0, 0.05) is 12.5 Å². The van der Waals surface area contributed by atoms with Crippen LogP contribution in [0.3, 0.4) is 0 Å². The molecule has 2 aliphatic heterocycles. The number of fused-ring (bicyclic) bond motifs is 4. The highest BCUT2D eigenvalue weighted by atomic mass is 32.2. The van der Waals surface area contributed by atoms with Crippen molar-refractivity contribution in [2.24, 2.45) is 5.92 Å². The largest absolute Gasteiger partial charge is 0.472 e. The number of aromatic nitrogens is 8. The number of hydrogen-bond donors (Lipinski definition) is 5. The molecular formula is C21H25FN11O9PS. The minimum absolute atomic E-state index is 0.0203. The van der Waals surface area contributed by atoms with Crippen LogP contribution in [-0.4, -0.2) is 101 Å². The Balaban J connectivity index is 1.17. The quantitative estimate of drug-likeness (QED) is 0.157. The van der Waals surface area contributed by atoms with Gasteiger partial charge in [-0.2, -0.15) is 13.1 Å². The maximum Gasteiger partial charge on any atom is 0.472 e. The molecule has 0 spiro atoms. The minimum atomic E-state index is -4.95. The molecule has 4 aromatic heterocycles. The molecule has 0 amide bonds. The lowest BCUT2D eigenvalue weighted by Crippen LogP contribution is -2.43. The Kier molecular flexibility index (Phi) is 7.02. The second-order valence-electron chi connectivity index (χ2n) is 10.4. The minimum Gasteiger partial charge on any atom is -0.388 e. The van der Waals surface area contributed by atoms with E-state index >= 15 is 4.39 Å². The number of aliphatic hydroxyl groups excluding tert-OH is 1. The van der Waals surface area contributed by atoms with E-state index < -0.39 is 80.1 Å². The van der Waals surface area contributed by atoms with Crippen molar-refractivity contribution >= 4 is 52.1 Å². The molecule has 3 aliphatic rings. The third kappa shape index (κ3) is 4.97. The summed E-state index contributed by atoms with van der Waals surface area (Å²) >= 11 is 0. The van der Waals surface area contributed by atoms with E-state index in [0.29, 0.717) is 0 Å². The van der Waals surface area contributed by atoms with Gasteiger partial charge < -0.3 is 30.8 Å². The maximum atomic E-state index is 15.9. The van der Waals surface area contributed by atoms with Gasteiger partial charge in [-0.3, -0.25) is 13.6 Å². The van der Waals surface area contributed by atoms with E-state index in [1.807, 2.05) is 0 Å². The van der Waals surface area contributed by atoms with Crippen LogP contribution >= 0.6 is 7.82 Å². The van der Waals surface area contributed by atoms with Crippen molar-refractivity contribution in [1.29, 1.82) is 0 Å². The summed E-state index contributed by atoms with van der Waals surface area (Å²) in [7, 11) is -9.61. The topological polar surface area (TPSA) is 280 Å². The molecule has 1 saturated carbocycles. The summed E-state index contributed by atoms with van der Waals surface area (Å²) in [6.45, 7) is -1.25. The number of anilines is 2. The molecule has 23 heteroatoms. The molecule has 20 nitrogen and oxygen atoms in total. The molecule has 0 radical (unpaired) electrons. The average Bonchev–Trinajstić information content (AvgIpc) is 3.73. The molecule has 2 saturated heterocycles. The Morgan fingerprint density at radius 1 is 1.00 bits per heavy atom. The first-order valence-corrected chi connectivity index (χ1v) is 16.0. The van der Waals surface area contributed by atoms with Gasteiger partial charge in [0.15, 0.2) is 35.3 Å². The number of nitrogens with zero attached hydrogens (tertiary/aromatic N) is 8. The number of nitrogen functional groups attached to an aromatic ring is 2. The Hall–Kier alpha value is -3.47. The first-order chi connectivity index (χ1) is 20.9. The zero-order valence-electron chi connectivity index (χ0n) is 22.3. The number of phosphoric acid groups is 1. The molecule has 3 fully saturated rings. The van der Waals surface area contributed by atoms with Crippen LogP contribution in [0.25, 0.3) is 22.3 Å². The van der Waals surface area contributed by atoms with Crippen molar-refractivity contribution in [1.82, 2.24) is 43.8 Å². The van der Waals surface area contributed by atoms with Crippen molar-refractivity contribution in [2.75, 3.05) is 24.6 Å². The number of nitrogens with one attached hydrogen (secondary N) is 1. The van der Waals surface area contributed by atoms with Gasteiger partial charge in [0.2, 0.25) is 0 Å². The van der Waals surface area contributed by atoms with Crippen LogP contribution in [0.4, 0.5) is 16.0 Å². The van der Waals surface area contributed by atoms with Crippen molar-refractivity contribution in [3.05, 3.63) is 25.3 Å². The van der Waals surface area contributed by atoms with Crippen LogP contribution in [0.2, 0.25) is 0 Å². The fourth-order valence-electron chi connectivity index (χ4n) is 5.78. The molecular weight excluding hydrogens is 632 g/mol. The highest BCUT2D eigenvalue weighted by Gasteiger charge is 2.53. The van der Waals surface area contributed by atoms with Crippen LogP contribution < -0.4 is 16.2 Å². The Bertz CT molecular complexity index is 1900. The summed E-state index contributed by atoms with van der Waals surface area (Å²) in [5.74, 6) is -0.769. The summed E-state index contributed by atoms with van der Waals surface area (Å²) in [5.41, 5.74) is 12.5. The zero-order valence-corrected chi connectivity index (χ0v) is 24.0. The lowest BCUT2D eigenvalue weighted by Gasteiger charge is -2.27. The molecule has 44 heavy (non-hydrogen) atoms. The van der Waals surface area contributed by atoms with Crippen LogP contribution in [0.1, 0.15) is 18.7 Å². The predicted octanol–water partition coefficient (Wildman–Crippen LogP) is -1.28. The predicted molar refractivity (Wildman–Crippen MR) is 144 cm³/mol. The van der Waals surface area contributed by atoms with Crippen LogP contribution in [0.5, 0.6) is 0 Å². The summed E-state index contributed by atoms with van der Waals surface area (Å²) < 4.78 is 81.4. The average molecular weight is 658 g/mol. The number of phosphoric ester groups is 1. The van der Waals surface area contributed by atoms with E-state index in [2.05, 4.69) is 34.6 Å². The summed E-state index contributed by atoms with van der Waals surface area (Å²) in [6, 6.07) is -0.832. The van der Waals surface area contributed by atoms with E-state index in [4.69, 9.17) is 29.4 Å². The van der Waals surface area contributed by atoms with Crippen molar-refractivity contribution < 1.29 is 45.3 Å². The molecule has 1 aliphatic carbocycles. The SMILES string of the molecule is Nc1ncnc2c1ncn2C1CC2CNS(=O)(=O)OC3C(COP(=O)(O)OC2C1O)OC(n1cnc2c(N)ncnc21)C3F. The number of nitrogens with two attached hydrogens (primary N) is 2. The van der Waals surface area contributed by atoms with Gasteiger partial charge in [0.1, 0.15) is 48.1 Å². The molecule has 0 bridgehead atoms. The van der Waals surface area contributed by atoms with Crippen LogP contribution in [-0.2, 0) is 32.8 Å². The number of halogens is 1. The Morgan fingerprint density at radius 3 is 2.32 bits per heavy atom. The fraction of sp³-hybridized carbons (Fsp3) is 0.524. The van der Waals surface area contributed by atoms with E-state index in [1.54, 1.807) is 0 Å². The maximum absolute atomic E-state index is 15.9. The smallest absolute Gasteiger partial charge is 0.388 e. The second-order valence-corrected chi connectivity index (χ2v) is 13.2. The van der Waals surface area contributed by atoms with E-state index in [0.717, 1.165) is 6.33 Å². The number of ether oxygens (including phenoxy) is 1. The van der Waals surface area contributed by atoms with E-state index in [1.165, 1.54) is 28.1 Å². The van der Waals surface area contributed by atoms with Gasteiger partial charge >= 0.3 is 18.1 Å². The third-order valence-electron chi connectivity index (χ3n) is 7.83. The highest BCUT2D eigenvalue weighted by molar-refractivity contribution is 7.84. The Morgan fingerprint density at radius 2 is 1.64 bits per heavy atom. The van der Waals surface area contributed by atoms with Gasteiger partial charge in [-0.05, 0) is 6.42 Å². The number of hydrogen-bond acceptors (Lipinski definition) is 16. The van der Waals surface area contributed by atoms with Crippen molar-refractivity contribution in [2.45, 2.75) is 49.3 Å². The number of rotatable bonds is 2. The van der Waals surface area contributed by atoms with Gasteiger partial charge in [0.25, 0.3) is 0 Å². The standard InChI is InChI=1S/C21H25FN11O9PS/c22-11-16-10(40-21(11)33-7-30-13-18(24)26-5-28-20(13)33)3-39-43(35,36)41-15-8(2-31-44(37,38)42-16)1-9(14(15)34)32-6-29-12-17(23)25-4-27-19(12)32/h4-11,14-16,21,31,34H,1-3H2,(H,35,36)(H2,23,25,27)(H2,24,26,28). The lowest BCUT2D eigenvalue weighted by atomic mass is 10.1. The van der Waals surface area contributed by atoms with Gasteiger partial charge in [-0.1, -0.05) is 0 Å². The second kappa shape index (κ2) is 10.6. The van der Waals surface area contributed by atoms with Crippen LogP contribution in [0.15, 0.2) is 25.3 Å². The summed E-state index contributed by atoms with van der Waals surface area (Å²) in [6.07, 6.45) is -4.97. The van der Waals surface area contributed by atoms with Crippen molar-refractivity contribution in [3.8, 4) is 0 Å². The molecule has 9 atom stereocenters. The monoisotopic (exact) mass is 657 g/mol. The summed E-state index contributed by atoms with van der Waals surface area (Å²) in [4.78, 5) is 34.8. The first kappa shape index (κ1) is 29.3. The van der Waals surface area contributed by atoms with Gasteiger partial charge in [0.05, 0.1) is 25.3 Å². The Labute approximate surface area is 246 Å². The number of alkyl halides is 1. The molecule has 236 valence electrons. The normalized spacial score (nSPS) is 36.1. The zero-order chi connectivity index (χ0) is 31.0. The molecule has 6 heterocycles. The lowest BCUT2D eigenvalue weighted by molar-refractivity contribution is -0.0514. The molecule has 4 aromatic rings. The number of aliphatic hydroxyl groups is 1. The number of imidazole rings is 2. The highest BCUT2D eigenvalue weighted by Crippen LogP contribution is 2.51. The molecule has 7 rings (SSSR count). The molecule has 0 aromatic carbocycles. The summed E-state index contributed by atoms with van der Waals surface area (Å²) in [5, 5.41) is 11.2. The van der Waals surface area contributed by atoms with Gasteiger partial charge in [-0.15, -0.1) is 0 Å². The fourth-order valence-corrected chi connectivity index (χ4v) is 7.79. The van der Waals surface area contributed by atoms with E-state index in [-0.39, 0.29) is 40.4 Å². The van der Waals surface area contributed by atoms with Crippen LogP contribution in [0, 0.1) is 5.92 Å². The molecule has 7 N–H and O–H groups in total. The van der Waals surface area contributed by atoms with Gasteiger partial charge in [-0.25, -0.2) is 43.0 Å². The first-order valence-electron chi connectivity index (χ1n) is 13.1. The molecule has 9 unspecified atom stereocenters.